The summed E-state index contributed by atoms with van der Waals surface area (Å²) in [7, 11) is -3.91. The highest BCUT2D eigenvalue weighted by Crippen LogP contribution is 2.29. The lowest BCUT2D eigenvalue weighted by atomic mass is 10.1. The Hall–Kier alpha value is -1.51. The first-order valence-electron chi connectivity index (χ1n) is 5.78. The van der Waals surface area contributed by atoms with Gasteiger partial charge in [-0.15, -0.1) is 0 Å². The van der Waals surface area contributed by atoms with E-state index in [1.807, 2.05) is 0 Å². The van der Waals surface area contributed by atoms with Gasteiger partial charge in [0.2, 0.25) is 10.0 Å². The number of nitro benzene ring substituents is 1. The summed E-state index contributed by atoms with van der Waals surface area (Å²) < 4.78 is 25.8. The number of hydrogen-bond acceptors (Lipinski definition) is 5. The second kappa shape index (κ2) is 5.47. The summed E-state index contributed by atoms with van der Waals surface area (Å²) in [5.41, 5.74) is -0.288. The topological polar surface area (TPSA) is 97.6 Å². The van der Waals surface area contributed by atoms with Crippen molar-refractivity contribution in [2.24, 2.45) is 0 Å². The summed E-state index contributed by atoms with van der Waals surface area (Å²) in [5.74, 6) is -0.155. The van der Waals surface area contributed by atoms with Gasteiger partial charge in [0.05, 0.1) is 16.5 Å². The van der Waals surface area contributed by atoms with Gasteiger partial charge >= 0.3 is 0 Å². The van der Waals surface area contributed by atoms with E-state index in [4.69, 9.17) is 11.6 Å². The predicted octanol–water partition coefficient (Wildman–Crippen LogP) is 1.60. The van der Waals surface area contributed by atoms with E-state index in [2.05, 4.69) is 0 Å². The van der Waals surface area contributed by atoms with E-state index in [9.17, 15) is 23.3 Å². The van der Waals surface area contributed by atoms with E-state index in [0.29, 0.717) is 12.8 Å². The van der Waals surface area contributed by atoms with Crippen LogP contribution in [0.5, 0.6) is 0 Å². The molecular formula is C11H11ClN2O5S. The Morgan fingerprint density at radius 1 is 1.35 bits per heavy atom. The summed E-state index contributed by atoms with van der Waals surface area (Å²) in [6.07, 6.45) is 0.822. The van der Waals surface area contributed by atoms with Crippen LogP contribution >= 0.6 is 11.6 Å². The van der Waals surface area contributed by atoms with Gasteiger partial charge in [-0.3, -0.25) is 14.9 Å². The first-order chi connectivity index (χ1) is 9.32. The van der Waals surface area contributed by atoms with Crippen molar-refractivity contribution in [3.63, 3.8) is 0 Å². The van der Waals surface area contributed by atoms with Crippen molar-refractivity contribution in [3.8, 4) is 0 Å². The second-order valence-electron chi connectivity index (χ2n) is 4.35. The molecule has 1 aromatic carbocycles. The molecule has 108 valence electrons. The number of benzene rings is 1. The Morgan fingerprint density at radius 3 is 2.60 bits per heavy atom. The first-order valence-corrected chi connectivity index (χ1v) is 7.60. The van der Waals surface area contributed by atoms with Crippen molar-refractivity contribution in [1.29, 1.82) is 0 Å². The maximum atomic E-state index is 12.4. The van der Waals surface area contributed by atoms with Crippen LogP contribution in [0.3, 0.4) is 0 Å². The van der Waals surface area contributed by atoms with Gasteiger partial charge in [0.25, 0.3) is 5.69 Å². The van der Waals surface area contributed by atoms with E-state index in [1.165, 1.54) is 0 Å². The lowest BCUT2D eigenvalue weighted by Gasteiger charge is -2.25. The molecule has 9 heteroatoms. The smallest absolute Gasteiger partial charge is 0.271 e. The van der Waals surface area contributed by atoms with Crippen LogP contribution in [0.1, 0.15) is 12.8 Å². The van der Waals surface area contributed by atoms with E-state index >= 15 is 0 Å². The highest BCUT2D eigenvalue weighted by Gasteiger charge is 2.31. The molecular weight excluding hydrogens is 308 g/mol. The van der Waals surface area contributed by atoms with Crippen molar-refractivity contribution < 1.29 is 18.1 Å². The fraction of sp³-hybridized carbons (Fsp3) is 0.364. The van der Waals surface area contributed by atoms with Gasteiger partial charge in [-0.2, -0.15) is 4.31 Å². The number of carbonyl (C=O) groups is 1. The second-order valence-corrected chi connectivity index (χ2v) is 6.67. The number of nitrogens with zero attached hydrogens (tertiary/aromatic N) is 2. The fourth-order valence-electron chi connectivity index (χ4n) is 1.96. The third kappa shape index (κ3) is 2.82. The lowest BCUT2D eigenvalue weighted by molar-refractivity contribution is -0.384. The third-order valence-electron chi connectivity index (χ3n) is 2.96. The van der Waals surface area contributed by atoms with Crippen molar-refractivity contribution in [2.45, 2.75) is 17.7 Å². The largest absolute Gasteiger partial charge is 0.298 e. The number of carbonyl (C=O) groups excluding carboxylic acids is 1. The van der Waals surface area contributed by atoms with Crippen LogP contribution in [0.2, 0.25) is 5.02 Å². The zero-order valence-corrected chi connectivity index (χ0v) is 11.9. The molecule has 1 fully saturated rings. The van der Waals surface area contributed by atoms with Gasteiger partial charge < -0.3 is 0 Å². The zero-order chi connectivity index (χ0) is 14.9. The number of non-ortho nitro benzene ring substituents is 1. The molecule has 0 N–H and O–H groups in total. The zero-order valence-electron chi connectivity index (χ0n) is 10.3. The normalized spacial score (nSPS) is 17.1. The quantitative estimate of drug-likeness (QED) is 0.623. The molecule has 1 aliphatic heterocycles. The standard InChI is InChI=1S/C11H11ClN2O5S/c12-10-6-8(14(16)17)3-4-11(10)20(18,19)13-5-1-2-9(15)7-13/h3-4,6H,1-2,5,7H2. The van der Waals surface area contributed by atoms with Crippen LogP contribution in [0, 0.1) is 10.1 Å². The number of sulfonamides is 1. The summed E-state index contributed by atoms with van der Waals surface area (Å²) in [5, 5.41) is 10.4. The van der Waals surface area contributed by atoms with E-state index in [1.54, 1.807) is 0 Å². The molecule has 0 aromatic heterocycles. The number of ketones is 1. The highest BCUT2D eigenvalue weighted by atomic mass is 35.5. The van der Waals surface area contributed by atoms with E-state index in [0.717, 1.165) is 22.5 Å². The predicted molar refractivity (Wildman–Crippen MR) is 71.1 cm³/mol. The SMILES string of the molecule is O=C1CCCN(S(=O)(=O)c2ccc([N+](=O)[O-])cc2Cl)C1. The van der Waals surface area contributed by atoms with Gasteiger partial charge in [0, 0.05) is 25.1 Å². The van der Waals surface area contributed by atoms with Crippen molar-refractivity contribution in [3.05, 3.63) is 33.3 Å². The highest BCUT2D eigenvalue weighted by molar-refractivity contribution is 7.89. The summed E-state index contributed by atoms with van der Waals surface area (Å²) >= 11 is 5.82. The average molecular weight is 319 g/mol. The molecule has 7 nitrogen and oxygen atoms in total. The minimum absolute atomic E-state index is 0.155. The molecule has 0 bridgehead atoms. The number of halogens is 1. The molecule has 1 saturated heterocycles. The number of nitro groups is 1. The number of Topliss-reactive ketones (excluding diaryl/α,β-unsaturated/α-hetero) is 1. The molecule has 1 heterocycles. The molecule has 0 unspecified atom stereocenters. The van der Waals surface area contributed by atoms with Crippen LogP contribution in [-0.2, 0) is 14.8 Å². The third-order valence-corrected chi connectivity index (χ3v) is 5.29. The Labute approximate surface area is 120 Å². The van der Waals surface area contributed by atoms with Crippen molar-refractivity contribution in [2.75, 3.05) is 13.1 Å². The van der Waals surface area contributed by atoms with Crippen molar-refractivity contribution in [1.82, 2.24) is 4.31 Å². The van der Waals surface area contributed by atoms with Gasteiger partial charge in [0.15, 0.2) is 0 Å². The molecule has 0 aliphatic carbocycles. The Bertz CT molecular complexity index is 673. The summed E-state index contributed by atoms with van der Waals surface area (Å²) in [6.45, 7) is 0.0526. The molecule has 0 spiro atoms. The van der Waals surface area contributed by atoms with E-state index < -0.39 is 14.9 Å². The minimum Gasteiger partial charge on any atom is -0.298 e. The lowest BCUT2D eigenvalue weighted by Crippen LogP contribution is -2.40. The molecule has 0 saturated carbocycles. The Balaban J connectivity index is 2.39. The van der Waals surface area contributed by atoms with Gasteiger partial charge in [-0.1, -0.05) is 11.6 Å². The molecule has 20 heavy (non-hydrogen) atoms. The molecule has 0 amide bonds. The van der Waals surface area contributed by atoms with Crippen LogP contribution in [-0.4, -0.2) is 36.5 Å². The first kappa shape index (κ1) is 14.9. The summed E-state index contributed by atoms with van der Waals surface area (Å²) in [4.78, 5) is 21.1. The average Bonchev–Trinajstić information content (AvgIpc) is 2.38. The molecule has 0 radical (unpaired) electrons. The Kier molecular flexibility index (Phi) is 4.07. The monoisotopic (exact) mass is 318 g/mol. The van der Waals surface area contributed by atoms with Gasteiger partial charge in [-0.05, 0) is 12.5 Å². The fourth-order valence-corrected chi connectivity index (χ4v) is 3.94. The molecule has 0 atom stereocenters. The van der Waals surface area contributed by atoms with Crippen LogP contribution in [0.15, 0.2) is 23.1 Å². The van der Waals surface area contributed by atoms with Gasteiger partial charge in [-0.25, -0.2) is 8.42 Å². The summed E-state index contributed by atoms with van der Waals surface area (Å²) in [6, 6.07) is 3.15. The van der Waals surface area contributed by atoms with Crippen LogP contribution < -0.4 is 0 Å². The van der Waals surface area contributed by atoms with Gasteiger partial charge in [0.1, 0.15) is 10.7 Å². The molecule has 1 aliphatic rings. The minimum atomic E-state index is -3.91. The van der Waals surface area contributed by atoms with Crippen LogP contribution in [0.25, 0.3) is 0 Å². The maximum absolute atomic E-state index is 12.4. The maximum Gasteiger partial charge on any atom is 0.271 e. The molecule has 2 rings (SSSR count). The van der Waals surface area contributed by atoms with Crippen molar-refractivity contribution >= 4 is 33.1 Å². The number of rotatable bonds is 3. The molecule has 1 aromatic rings. The Morgan fingerprint density at radius 2 is 2.05 bits per heavy atom. The number of piperidine rings is 1. The number of hydrogen-bond donors (Lipinski definition) is 0. The van der Waals surface area contributed by atoms with Crippen LogP contribution in [0.4, 0.5) is 5.69 Å². The van der Waals surface area contributed by atoms with E-state index in [-0.39, 0.29) is 34.5 Å².